The van der Waals surface area contributed by atoms with Crippen LogP contribution in [0.2, 0.25) is 0 Å². The summed E-state index contributed by atoms with van der Waals surface area (Å²) < 4.78 is 5.25. The van der Waals surface area contributed by atoms with Crippen LogP contribution in [-0.4, -0.2) is 23.6 Å². The van der Waals surface area contributed by atoms with Gasteiger partial charge in [0.05, 0.1) is 18.8 Å². The van der Waals surface area contributed by atoms with E-state index in [-0.39, 0.29) is 6.04 Å². The molecule has 2 aromatic rings. The van der Waals surface area contributed by atoms with Gasteiger partial charge in [-0.15, -0.1) is 0 Å². The highest BCUT2D eigenvalue weighted by atomic mass is 16.5. The lowest BCUT2D eigenvalue weighted by atomic mass is 9.98. The van der Waals surface area contributed by atoms with Crippen molar-refractivity contribution in [2.24, 2.45) is 0 Å². The summed E-state index contributed by atoms with van der Waals surface area (Å²) in [6.07, 6.45) is 3.35. The lowest BCUT2D eigenvalue weighted by Crippen LogP contribution is -2.23. The monoisotopic (exact) mass is 257 g/mol. The first kappa shape index (κ1) is 13.5. The molecule has 2 rings (SSSR count). The highest BCUT2D eigenvalue weighted by Crippen LogP contribution is 2.26. The van der Waals surface area contributed by atoms with Crippen LogP contribution in [0, 0.1) is 6.92 Å². The summed E-state index contributed by atoms with van der Waals surface area (Å²) in [7, 11) is 1.68. The summed E-state index contributed by atoms with van der Waals surface area (Å²) in [5, 5.41) is 3.46. The maximum absolute atomic E-state index is 5.25. The van der Waals surface area contributed by atoms with Crippen LogP contribution >= 0.6 is 0 Å². The maximum Gasteiger partial charge on any atom is 0.119 e. The van der Waals surface area contributed by atoms with E-state index in [0.29, 0.717) is 0 Å². The molecule has 0 saturated carbocycles. The van der Waals surface area contributed by atoms with Crippen LogP contribution in [0.25, 0.3) is 0 Å². The number of hydrogen-bond acceptors (Lipinski definition) is 4. The van der Waals surface area contributed by atoms with Gasteiger partial charge in [-0.05, 0) is 42.8 Å². The van der Waals surface area contributed by atoms with Crippen LogP contribution < -0.4 is 10.1 Å². The van der Waals surface area contributed by atoms with Crippen LogP contribution in [0.15, 0.2) is 36.8 Å². The quantitative estimate of drug-likeness (QED) is 0.894. The molecule has 1 heterocycles. The van der Waals surface area contributed by atoms with E-state index in [1.54, 1.807) is 19.6 Å². The standard InChI is InChI=1S/C15H19N3O/c1-4-17-15(14-7-8-16-10-18-14)13-6-5-12(19-3)9-11(13)2/h5-10,15,17H,4H2,1-3H3. The van der Waals surface area contributed by atoms with Crippen molar-refractivity contribution < 1.29 is 4.74 Å². The van der Waals surface area contributed by atoms with Crippen molar-refractivity contribution in [2.45, 2.75) is 19.9 Å². The van der Waals surface area contributed by atoms with Gasteiger partial charge in [0.15, 0.2) is 0 Å². The number of ether oxygens (including phenoxy) is 1. The molecule has 100 valence electrons. The molecule has 0 radical (unpaired) electrons. The number of nitrogens with one attached hydrogen (secondary N) is 1. The topological polar surface area (TPSA) is 47.0 Å². The van der Waals surface area contributed by atoms with Gasteiger partial charge in [-0.1, -0.05) is 13.0 Å². The van der Waals surface area contributed by atoms with E-state index in [9.17, 15) is 0 Å². The second kappa shape index (κ2) is 6.29. The second-order valence-electron chi connectivity index (χ2n) is 4.35. The Kier molecular flexibility index (Phi) is 4.47. The molecule has 0 spiro atoms. The van der Waals surface area contributed by atoms with Gasteiger partial charge in [0.25, 0.3) is 0 Å². The van der Waals surface area contributed by atoms with E-state index in [4.69, 9.17) is 4.74 Å². The Labute approximate surface area is 113 Å². The van der Waals surface area contributed by atoms with Gasteiger partial charge < -0.3 is 10.1 Å². The third-order valence-corrected chi connectivity index (χ3v) is 3.10. The molecular weight excluding hydrogens is 238 g/mol. The SMILES string of the molecule is CCNC(c1ccncn1)c1ccc(OC)cc1C. The molecule has 0 amide bonds. The van der Waals surface area contributed by atoms with E-state index < -0.39 is 0 Å². The zero-order valence-electron chi connectivity index (χ0n) is 11.6. The van der Waals surface area contributed by atoms with E-state index in [1.165, 1.54) is 11.1 Å². The Hall–Kier alpha value is -1.94. The average molecular weight is 257 g/mol. The van der Waals surface area contributed by atoms with Crippen molar-refractivity contribution >= 4 is 0 Å². The molecule has 0 aliphatic carbocycles. The first-order valence-electron chi connectivity index (χ1n) is 6.40. The average Bonchev–Trinajstić information content (AvgIpc) is 2.46. The van der Waals surface area contributed by atoms with Gasteiger partial charge in [-0.3, -0.25) is 0 Å². The van der Waals surface area contributed by atoms with E-state index in [1.807, 2.05) is 18.2 Å². The zero-order chi connectivity index (χ0) is 13.7. The fraction of sp³-hybridized carbons (Fsp3) is 0.333. The second-order valence-corrected chi connectivity index (χ2v) is 4.35. The highest BCUT2D eigenvalue weighted by molar-refractivity contribution is 5.39. The molecule has 0 bridgehead atoms. The maximum atomic E-state index is 5.25. The minimum absolute atomic E-state index is 0.0823. The van der Waals surface area contributed by atoms with Gasteiger partial charge >= 0.3 is 0 Å². The number of rotatable bonds is 5. The molecule has 1 N–H and O–H groups in total. The molecule has 0 aliphatic heterocycles. The summed E-state index contributed by atoms with van der Waals surface area (Å²) in [4.78, 5) is 8.33. The third-order valence-electron chi connectivity index (χ3n) is 3.10. The molecule has 4 nitrogen and oxygen atoms in total. The number of benzene rings is 1. The Balaban J connectivity index is 2.39. The summed E-state index contributed by atoms with van der Waals surface area (Å²) >= 11 is 0. The van der Waals surface area contributed by atoms with Crippen LogP contribution in [0.4, 0.5) is 0 Å². The zero-order valence-corrected chi connectivity index (χ0v) is 11.6. The number of hydrogen-bond donors (Lipinski definition) is 1. The number of methoxy groups -OCH3 is 1. The molecule has 1 aromatic carbocycles. The summed E-state index contributed by atoms with van der Waals surface area (Å²) in [6.45, 7) is 5.05. The smallest absolute Gasteiger partial charge is 0.119 e. The van der Waals surface area contributed by atoms with Crippen molar-refractivity contribution in [2.75, 3.05) is 13.7 Å². The summed E-state index contributed by atoms with van der Waals surface area (Å²) in [5.74, 6) is 0.874. The molecule has 4 heteroatoms. The van der Waals surface area contributed by atoms with Gasteiger partial charge in [-0.25, -0.2) is 9.97 Å². The number of aromatic nitrogens is 2. The highest BCUT2D eigenvalue weighted by Gasteiger charge is 2.16. The first-order valence-corrected chi connectivity index (χ1v) is 6.40. The van der Waals surface area contributed by atoms with E-state index in [2.05, 4.69) is 35.2 Å². The molecule has 0 aliphatic rings. The lowest BCUT2D eigenvalue weighted by Gasteiger charge is -2.20. The molecular formula is C15H19N3O. The van der Waals surface area contributed by atoms with Gasteiger partial charge in [0.1, 0.15) is 12.1 Å². The van der Waals surface area contributed by atoms with Crippen molar-refractivity contribution in [3.63, 3.8) is 0 Å². The molecule has 1 aromatic heterocycles. The summed E-state index contributed by atoms with van der Waals surface area (Å²) in [6, 6.07) is 8.13. The Bertz CT molecular complexity index is 528. The van der Waals surface area contributed by atoms with Crippen LogP contribution in [0.3, 0.4) is 0 Å². The number of aryl methyl sites for hydroxylation is 1. The lowest BCUT2D eigenvalue weighted by molar-refractivity contribution is 0.414. The Morgan fingerprint density at radius 2 is 2.16 bits per heavy atom. The fourth-order valence-corrected chi connectivity index (χ4v) is 2.15. The predicted octanol–water partition coefficient (Wildman–Crippen LogP) is 2.49. The molecule has 19 heavy (non-hydrogen) atoms. The van der Waals surface area contributed by atoms with Gasteiger partial charge in [-0.2, -0.15) is 0 Å². The summed E-state index contributed by atoms with van der Waals surface area (Å²) in [5.41, 5.74) is 3.37. The largest absolute Gasteiger partial charge is 0.497 e. The van der Waals surface area contributed by atoms with Crippen LogP contribution in [0.1, 0.15) is 29.8 Å². The Morgan fingerprint density at radius 1 is 1.32 bits per heavy atom. The molecule has 0 fully saturated rings. The van der Waals surface area contributed by atoms with E-state index in [0.717, 1.165) is 18.0 Å². The van der Waals surface area contributed by atoms with Crippen molar-refractivity contribution in [3.05, 3.63) is 53.6 Å². The molecule has 1 unspecified atom stereocenters. The minimum atomic E-state index is 0.0823. The van der Waals surface area contributed by atoms with Crippen LogP contribution in [0.5, 0.6) is 5.75 Å². The van der Waals surface area contributed by atoms with Gasteiger partial charge in [0, 0.05) is 6.20 Å². The fourth-order valence-electron chi connectivity index (χ4n) is 2.15. The predicted molar refractivity (Wildman–Crippen MR) is 75.3 cm³/mol. The number of nitrogens with zero attached hydrogens (tertiary/aromatic N) is 2. The minimum Gasteiger partial charge on any atom is -0.497 e. The van der Waals surface area contributed by atoms with Crippen molar-refractivity contribution in [1.82, 2.24) is 15.3 Å². The van der Waals surface area contributed by atoms with Gasteiger partial charge in [0.2, 0.25) is 0 Å². The van der Waals surface area contributed by atoms with Crippen molar-refractivity contribution in [3.8, 4) is 5.75 Å². The molecule has 1 atom stereocenters. The normalized spacial score (nSPS) is 12.2. The third kappa shape index (κ3) is 3.09. The van der Waals surface area contributed by atoms with E-state index >= 15 is 0 Å². The van der Waals surface area contributed by atoms with Crippen molar-refractivity contribution in [1.29, 1.82) is 0 Å². The Morgan fingerprint density at radius 3 is 2.74 bits per heavy atom. The van der Waals surface area contributed by atoms with Crippen LogP contribution in [-0.2, 0) is 0 Å². The molecule has 0 saturated heterocycles. The first-order chi connectivity index (χ1) is 9.26.